The summed E-state index contributed by atoms with van der Waals surface area (Å²) in [5, 5.41) is 16.3. The number of carbonyl (C=O) groups excluding carboxylic acids is 4. The van der Waals surface area contributed by atoms with Gasteiger partial charge in [0.1, 0.15) is 18.6 Å². The molecule has 0 rings (SSSR count). The number of aldehydes is 2. The third-order valence-electron chi connectivity index (χ3n) is 3.37. The lowest BCUT2D eigenvalue weighted by Gasteiger charge is -2.25. The van der Waals surface area contributed by atoms with Gasteiger partial charge in [-0.25, -0.2) is 0 Å². The second-order valence-corrected chi connectivity index (χ2v) is 5.66. The number of aliphatic carboxylic acids is 1. The zero-order valence-electron chi connectivity index (χ0n) is 14.1. The number of amides is 2. The van der Waals surface area contributed by atoms with E-state index in [0.717, 1.165) is 0 Å². The third kappa shape index (κ3) is 7.82. The van der Waals surface area contributed by atoms with Gasteiger partial charge in [-0.15, -0.1) is 0 Å². The Hall–Kier alpha value is -2.29. The first-order valence-electron chi connectivity index (χ1n) is 7.65. The van der Waals surface area contributed by atoms with Crippen LogP contribution in [0.3, 0.4) is 0 Å². The van der Waals surface area contributed by atoms with Gasteiger partial charge in [-0.05, 0) is 19.4 Å². The van der Waals surface area contributed by atoms with Crippen molar-refractivity contribution >= 4 is 30.4 Å². The maximum atomic E-state index is 12.2. The molecule has 3 atom stereocenters. The summed E-state index contributed by atoms with van der Waals surface area (Å²) in [6.07, 6.45) is 0.987. The Bertz CT molecular complexity index is 466. The first kappa shape index (κ1) is 21.7. The van der Waals surface area contributed by atoms with Crippen LogP contribution in [0.15, 0.2) is 0 Å². The molecule has 0 aromatic carbocycles. The Morgan fingerprint density at radius 3 is 2.12 bits per heavy atom. The van der Waals surface area contributed by atoms with Crippen molar-refractivity contribution in [3.05, 3.63) is 0 Å². The van der Waals surface area contributed by atoms with Gasteiger partial charge in [0.2, 0.25) is 11.8 Å². The van der Waals surface area contributed by atoms with E-state index in [0.29, 0.717) is 12.6 Å². The van der Waals surface area contributed by atoms with Crippen molar-refractivity contribution in [2.45, 2.75) is 51.2 Å². The van der Waals surface area contributed by atoms with Crippen molar-refractivity contribution in [3.63, 3.8) is 0 Å². The number of nitrogens with one attached hydrogen (secondary N) is 3. The zero-order valence-corrected chi connectivity index (χ0v) is 14.1. The van der Waals surface area contributed by atoms with Crippen LogP contribution >= 0.6 is 0 Å². The van der Waals surface area contributed by atoms with Crippen molar-refractivity contribution < 1.29 is 29.1 Å². The van der Waals surface area contributed by atoms with Gasteiger partial charge >= 0.3 is 5.97 Å². The molecule has 0 radical (unpaired) electrons. The normalized spacial score (nSPS) is 14.3. The average molecular weight is 343 g/mol. The van der Waals surface area contributed by atoms with E-state index in [4.69, 9.17) is 5.11 Å². The van der Waals surface area contributed by atoms with Crippen LogP contribution in [0.1, 0.15) is 33.1 Å². The lowest BCUT2D eigenvalue weighted by molar-refractivity contribution is -0.139. The topological polar surface area (TPSA) is 142 Å². The summed E-state index contributed by atoms with van der Waals surface area (Å²) in [5.74, 6) is -2.59. The Labute approximate surface area is 140 Å². The summed E-state index contributed by atoms with van der Waals surface area (Å²) in [7, 11) is 1.56. The van der Waals surface area contributed by atoms with Crippen LogP contribution in [-0.4, -0.2) is 60.6 Å². The summed E-state index contributed by atoms with van der Waals surface area (Å²) < 4.78 is 0. The van der Waals surface area contributed by atoms with Gasteiger partial charge in [0.25, 0.3) is 0 Å². The molecule has 24 heavy (non-hydrogen) atoms. The van der Waals surface area contributed by atoms with Gasteiger partial charge in [0.05, 0.1) is 18.5 Å². The minimum absolute atomic E-state index is 0.198. The first-order chi connectivity index (χ1) is 11.3. The van der Waals surface area contributed by atoms with Crippen LogP contribution in [0.4, 0.5) is 0 Å². The maximum absolute atomic E-state index is 12.2. The number of carbonyl (C=O) groups is 5. The molecule has 0 aliphatic heterocycles. The number of carboxylic acids is 1. The van der Waals surface area contributed by atoms with Crippen LogP contribution < -0.4 is 16.0 Å². The van der Waals surface area contributed by atoms with Gasteiger partial charge in [-0.2, -0.15) is 0 Å². The van der Waals surface area contributed by atoms with Crippen LogP contribution in [0, 0.1) is 5.92 Å². The summed E-state index contributed by atoms with van der Waals surface area (Å²) in [4.78, 5) is 56.4. The van der Waals surface area contributed by atoms with Crippen LogP contribution in [0.5, 0.6) is 0 Å². The molecule has 0 heterocycles. The van der Waals surface area contributed by atoms with Crippen molar-refractivity contribution in [1.82, 2.24) is 16.0 Å². The van der Waals surface area contributed by atoms with E-state index < -0.39 is 42.3 Å². The standard InChI is InChI=1S/C15H25N3O6/c1-9(2)13(15(24)17-10(8-20)7-12(21)22)18-14(23)11(16-3)5-4-6-19/h6,8-11,13,16H,4-5,7H2,1-3H3,(H,17,24)(H,18,23)(H,21,22). The number of rotatable bonds is 12. The second-order valence-electron chi connectivity index (χ2n) is 5.66. The monoisotopic (exact) mass is 343 g/mol. The highest BCUT2D eigenvalue weighted by Crippen LogP contribution is 2.05. The predicted molar refractivity (Wildman–Crippen MR) is 85.2 cm³/mol. The number of hydrogen-bond donors (Lipinski definition) is 4. The quantitative estimate of drug-likeness (QED) is 0.328. The summed E-state index contributed by atoms with van der Waals surface area (Å²) >= 11 is 0. The summed E-state index contributed by atoms with van der Waals surface area (Å²) in [6.45, 7) is 3.41. The molecule has 0 fully saturated rings. The minimum atomic E-state index is -1.22. The molecule has 0 aliphatic rings. The fraction of sp³-hybridized carbons (Fsp3) is 0.667. The molecule has 136 valence electrons. The summed E-state index contributed by atoms with van der Waals surface area (Å²) in [6, 6.07) is -2.73. The average Bonchev–Trinajstić information content (AvgIpc) is 2.51. The molecule has 3 unspecified atom stereocenters. The fourth-order valence-corrected chi connectivity index (χ4v) is 2.02. The Morgan fingerprint density at radius 1 is 1.08 bits per heavy atom. The maximum Gasteiger partial charge on any atom is 0.305 e. The first-order valence-corrected chi connectivity index (χ1v) is 7.65. The number of likely N-dealkylation sites (N-methyl/N-ethyl adjacent to an activating group) is 1. The van der Waals surface area contributed by atoms with Gasteiger partial charge in [0, 0.05) is 6.42 Å². The highest BCUT2D eigenvalue weighted by atomic mass is 16.4. The SMILES string of the molecule is CNC(CCC=O)C(=O)NC(C(=O)NC(C=O)CC(=O)O)C(C)C. The molecule has 0 bridgehead atoms. The Kier molecular flexibility index (Phi) is 10.2. The number of hydrogen-bond acceptors (Lipinski definition) is 6. The van der Waals surface area contributed by atoms with Gasteiger partial charge in [-0.3, -0.25) is 14.4 Å². The van der Waals surface area contributed by atoms with E-state index in [1.54, 1.807) is 20.9 Å². The van der Waals surface area contributed by atoms with E-state index in [9.17, 15) is 24.0 Å². The molecule has 0 aliphatic carbocycles. The van der Waals surface area contributed by atoms with Gasteiger partial charge in [-0.1, -0.05) is 13.8 Å². The molecule has 2 amide bonds. The largest absolute Gasteiger partial charge is 0.481 e. The van der Waals surface area contributed by atoms with E-state index in [1.807, 2.05) is 0 Å². The van der Waals surface area contributed by atoms with Crippen molar-refractivity contribution in [3.8, 4) is 0 Å². The summed E-state index contributed by atoms with van der Waals surface area (Å²) in [5.41, 5.74) is 0. The Balaban J connectivity index is 4.91. The molecule has 0 saturated heterocycles. The van der Waals surface area contributed by atoms with Crippen LogP contribution in [0.2, 0.25) is 0 Å². The molecule has 4 N–H and O–H groups in total. The molecule has 0 spiro atoms. The lowest BCUT2D eigenvalue weighted by atomic mass is 10.0. The lowest BCUT2D eigenvalue weighted by Crippen LogP contribution is -2.56. The van der Waals surface area contributed by atoms with Crippen molar-refractivity contribution in [1.29, 1.82) is 0 Å². The molecule has 0 aromatic heterocycles. The third-order valence-corrected chi connectivity index (χ3v) is 3.37. The fourth-order valence-electron chi connectivity index (χ4n) is 2.02. The van der Waals surface area contributed by atoms with E-state index in [1.165, 1.54) is 0 Å². The smallest absolute Gasteiger partial charge is 0.305 e. The van der Waals surface area contributed by atoms with E-state index in [2.05, 4.69) is 16.0 Å². The van der Waals surface area contributed by atoms with Crippen LogP contribution in [-0.2, 0) is 24.0 Å². The molecule has 0 aromatic rings. The highest BCUT2D eigenvalue weighted by molar-refractivity contribution is 5.91. The minimum Gasteiger partial charge on any atom is -0.481 e. The molecular formula is C15H25N3O6. The second kappa shape index (κ2) is 11.3. The molecule has 9 heteroatoms. The van der Waals surface area contributed by atoms with Gasteiger partial charge in [0.15, 0.2) is 0 Å². The molecule has 0 saturated carbocycles. The number of carboxylic acid groups (broad SMARTS) is 1. The molecule has 9 nitrogen and oxygen atoms in total. The Morgan fingerprint density at radius 2 is 1.71 bits per heavy atom. The van der Waals surface area contributed by atoms with Crippen molar-refractivity contribution in [2.24, 2.45) is 5.92 Å². The molecular weight excluding hydrogens is 318 g/mol. The predicted octanol–water partition coefficient (Wildman–Crippen LogP) is -1.15. The van der Waals surface area contributed by atoms with E-state index in [-0.39, 0.29) is 18.8 Å². The van der Waals surface area contributed by atoms with Gasteiger partial charge < -0.3 is 30.6 Å². The van der Waals surface area contributed by atoms with Crippen molar-refractivity contribution in [2.75, 3.05) is 7.05 Å². The highest BCUT2D eigenvalue weighted by Gasteiger charge is 2.28. The zero-order chi connectivity index (χ0) is 18.7. The van der Waals surface area contributed by atoms with Crippen LogP contribution in [0.25, 0.3) is 0 Å². The van der Waals surface area contributed by atoms with E-state index >= 15 is 0 Å².